The molecule has 1 amide bonds. The second-order valence-corrected chi connectivity index (χ2v) is 10.6. The van der Waals surface area contributed by atoms with E-state index in [0.717, 1.165) is 43.4 Å². The van der Waals surface area contributed by atoms with Crippen LogP contribution in [0, 0.1) is 6.92 Å². The second kappa shape index (κ2) is 9.89. The monoisotopic (exact) mass is 466 g/mol. The molecule has 1 aliphatic carbocycles. The standard InChI is InChI=1S/C25H30N4O3S/c1-19-16-24(29(27-19)18-20-10-5-3-6-11-20)26-25(30)21-12-9-15-23(17-21)33(31,32)28(2)22-13-7-4-8-14-22/h3,5-6,9-12,15-17,22H,4,7-8,13-14,18H2,1-2H3,(H,26,30). The maximum absolute atomic E-state index is 13.2. The molecule has 8 heteroatoms. The fourth-order valence-electron chi connectivity index (χ4n) is 4.32. The average Bonchev–Trinajstić information content (AvgIpc) is 3.18. The zero-order chi connectivity index (χ0) is 23.4. The largest absolute Gasteiger partial charge is 0.307 e. The third kappa shape index (κ3) is 5.34. The molecule has 1 aliphatic rings. The number of benzene rings is 2. The molecule has 0 unspecified atom stereocenters. The van der Waals surface area contributed by atoms with Gasteiger partial charge in [-0.25, -0.2) is 13.1 Å². The minimum absolute atomic E-state index is 0.0107. The van der Waals surface area contributed by atoms with Gasteiger partial charge in [0.15, 0.2) is 0 Å². The van der Waals surface area contributed by atoms with Gasteiger partial charge >= 0.3 is 0 Å². The van der Waals surface area contributed by atoms with Crippen LogP contribution in [0.25, 0.3) is 0 Å². The number of amides is 1. The van der Waals surface area contributed by atoms with Crippen LogP contribution in [0.4, 0.5) is 5.82 Å². The summed E-state index contributed by atoms with van der Waals surface area (Å²) in [7, 11) is -2.03. The van der Waals surface area contributed by atoms with Crippen molar-refractivity contribution in [2.75, 3.05) is 12.4 Å². The molecule has 0 saturated heterocycles. The molecule has 174 valence electrons. The van der Waals surface area contributed by atoms with Crippen LogP contribution in [0.15, 0.2) is 65.6 Å². The number of carbonyl (C=O) groups is 1. The maximum atomic E-state index is 13.2. The number of carbonyl (C=O) groups excluding carboxylic acids is 1. The van der Waals surface area contributed by atoms with Gasteiger partial charge in [0.05, 0.1) is 17.1 Å². The van der Waals surface area contributed by atoms with Crippen LogP contribution >= 0.6 is 0 Å². The number of anilines is 1. The Morgan fingerprint density at radius 2 is 1.79 bits per heavy atom. The summed E-state index contributed by atoms with van der Waals surface area (Å²) in [5.74, 6) is 0.190. The Bertz CT molecular complexity index is 1220. The lowest BCUT2D eigenvalue weighted by Crippen LogP contribution is -2.38. The van der Waals surface area contributed by atoms with E-state index in [2.05, 4.69) is 10.4 Å². The fraction of sp³-hybridized carbons (Fsp3) is 0.360. The van der Waals surface area contributed by atoms with Crippen LogP contribution in [0.5, 0.6) is 0 Å². The summed E-state index contributed by atoms with van der Waals surface area (Å²) in [6, 6.07) is 17.9. The predicted octanol–water partition coefficient (Wildman–Crippen LogP) is 4.45. The molecule has 7 nitrogen and oxygen atoms in total. The topological polar surface area (TPSA) is 84.3 Å². The number of hydrogen-bond donors (Lipinski definition) is 1. The van der Waals surface area contributed by atoms with Crippen molar-refractivity contribution in [2.24, 2.45) is 0 Å². The Kier molecular flexibility index (Phi) is 6.95. The minimum Gasteiger partial charge on any atom is -0.307 e. The van der Waals surface area contributed by atoms with Crippen LogP contribution in [-0.2, 0) is 16.6 Å². The summed E-state index contributed by atoms with van der Waals surface area (Å²) in [6.45, 7) is 2.39. The number of aromatic nitrogens is 2. The van der Waals surface area contributed by atoms with Gasteiger partial charge in [-0.05, 0) is 43.5 Å². The van der Waals surface area contributed by atoms with Crippen LogP contribution in [0.1, 0.15) is 53.7 Å². The summed E-state index contributed by atoms with van der Waals surface area (Å²) in [5.41, 5.74) is 2.14. The fourth-order valence-corrected chi connectivity index (χ4v) is 5.78. The third-order valence-corrected chi connectivity index (χ3v) is 8.09. The molecule has 1 N–H and O–H groups in total. The second-order valence-electron chi connectivity index (χ2n) is 8.61. The SMILES string of the molecule is Cc1cc(NC(=O)c2cccc(S(=O)(=O)N(C)C3CCCCC3)c2)n(Cc2ccccc2)n1. The molecule has 0 atom stereocenters. The molecular formula is C25H30N4O3S. The van der Waals surface area contributed by atoms with Gasteiger partial charge in [0.2, 0.25) is 10.0 Å². The van der Waals surface area contributed by atoms with Gasteiger partial charge < -0.3 is 5.32 Å². The van der Waals surface area contributed by atoms with Crippen LogP contribution in [0.3, 0.4) is 0 Å². The molecule has 1 fully saturated rings. The Labute approximate surface area is 195 Å². The zero-order valence-electron chi connectivity index (χ0n) is 19.1. The Hall–Kier alpha value is -2.97. The van der Waals surface area contributed by atoms with Crippen molar-refractivity contribution < 1.29 is 13.2 Å². The van der Waals surface area contributed by atoms with E-state index in [1.165, 1.54) is 10.4 Å². The van der Waals surface area contributed by atoms with Crippen molar-refractivity contribution in [3.63, 3.8) is 0 Å². The highest BCUT2D eigenvalue weighted by molar-refractivity contribution is 7.89. The molecule has 2 aromatic carbocycles. The highest BCUT2D eigenvalue weighted by atomic mass is 32.2. The third-order valence-electron chi connectivity index (χ3n) is 6.18. The first-order valence-corrected chi connectivity index (χ1v) is 12.8. The average molecular weight is 467 g/mol. The molecule has 1 aromatic heterocycles. The molecule has 0 spiro atoms. The normalized spacial score (nSPS) is 15.0. The lowest BCUT2D eigenvalue weighted by atomic mass is 9.96. The van der Waals surface area contributed by atoms with E-state index in [-0.39, 0.29) is 16.8 Å². The van der Waals surface area contributed by atoms with Gasteiger partial charge in [-0.3, -0.25) is 4.79 Å². The minimum atomic E-state index is -3.68. The van der Waals surface area contributed by atoms with Crippen molar-refractivity contribution in [2.45, 2.75) is 56.5 Å². The molecule has 1 heterocycles. The lowest BCUT2D eigenvalue weighted by molar-refractivity contribution is 0.102. The van der Waals surface area contributed by atoms with Crippen LogP contribution in [0.2, 0.25) is 0 Å². The number of rotatable bonds is 7. The number of sulfonamides is 1. The van der Waals surface area contributed by atoms with Crippen molar-refractivity contribution >= 4 is 21.7 Å². The number of nitrogens with one attached hydrogen (secondary N) is 1. The number of aryl methyl sites for hydroxylation is 1. The number of hydrogen-bond acceptors (Lipinski definition) is 4. The molecule has 4 rings (SSSR count). The van der Waals surface area contributed by atoms with Gasteiger partial charge in [0, 0.05) is 24.7 Å². The quantitative estimate of drug-likeness (QED) is 0.558. The molecule has 1 saturated carbocycles. The van der Waals surface area contributed by atoms with Crippen LogP contribution < -0.4 is 5.32 Å². The van der Waals surface area contributed by atoms with E-state index >= 15 is 0 Å². The molecule has 0 aliphatic heterocycles. The summed E-state index contributed by atoms with van der Waals surface area (Å²) in [6.07, 6.45) is 4.99. The van der Waals surface area contributed by atoms with E-state index in [4.69, 9.17) is 0 Å². The summed E-state index contributed by atoms with van der Waals surface area (Å²) in [5, 5.41) is 7.38. The first-order valence-electron chi connectivity index (χ1n) is 11.3. The summed E-state index contributed by atoms with van der Waals surface area (Å²) < 4.78 is 29.6. The van der Waals surface area contributed by atoms with E-state index < -0.39 is 10.0 Å². The zero-order valence-corrected chi connectivity index (χ0v) is 19.9. The highest BCUT2D eigenvalue weighted by Crippen LogP contribution is 2.27. The van der Waals surface area contributed by atoms with Gasteiger partial charge in [-0.1, -0.05) is 55.7 Å². The number of nitrogens with zero attached hydrogens (tertiary/aromatic N) is 3. The van der Waals surface area contributed by atoms with E-state index in [0.29, 0.717) is 17.9 Å². The van der Waals surface area contributed by atoms with E-state index in [1.54, 1.807) is 36.0 Å². The summed E-state index contributed by atoms with van der Waals surface area (Å²) >= 11 is 0. The maximum Gasteiger partial charge on any atom is 0.256 e. The predicted molar refractivity (Wildman–Crippen MR) is 129 cm³/mol. The Morgan fingerprint density at radius 1 is 1.06 bits per heavy atom. The molecule has 0 radical (unpaired) electrons. The van der Waals surface area contributed by atoms with Gasteiger partial charge in [-0.2, -0.15) is 9.40 Å². The first kappa shape index (κ1) is 23.2. The smallest absolute Gasteiger partial charge is 0.256 e. The van der Waals surface area contributed by atoms with Crippen molar-refractivity contribution in [3.05, 3.63) is 77.5 Å². The molecule has 3 aromatic rings. The van der Waals surface area contributed by atoms with Crippen molar-refractivity contribution in [1.82, 2.24) is 14.1 Å². The van der Waals surface area contributed by atoms with Gasteiger partial charge in [0.1, 0.15) is 5.82 Å². The Balaban J connectivity index is 1.53. The van der Waals surface area contributed by atoms with Crippen molar-refractivity contribution in [3.8, 4) is 0 Å². The molecule has 33 heavy (non-hydrogen) atoms. The lowest BCUT2D eigenvalue weighted by Gasteiger charge is -2.30. The Morgan fingerprint density at radius 3 is 2.52 bits per heavy atom. The molecule has 0 bridgehead atoms. The van der Waals surface area contributed by atoms with Gasteiger partial charge in [-0.15, -0.1) is 0 Å². The van der Waals surface area contributed by atoms with E-state index in [9.17, 15) is 13.2 Å². The van der Waals surface area contributed by atoms with Gasteiger partial charge in [0.25, 0.3) is 5.91 Å². The van der Waals surface area contributed by atoms with Crippen molar-refractivity contribution in [1.29, 1.82) is 0 Å². The highest BCUT2D eigenvalue weighted by Gasteiger charge is 2.29. The first-order chi connectivity index (χ1) is 15.8. The van der Waals surface area contributed by atoms with E-state index in [1.807, 2.05) is 37.3 Å². The molecular weight excluding hydrogens is 436 g/mol. The summed E-state index contributed by atoms with van der Waals surface area (Å²) in [4.78, 5) is 13.2. The van der Waals surface area contributed by atoms with Crippen LogP contribution in [-0.4, -0.2) is 41.5 Å².